The minimum atomic E-state index is -0.676. The molecule has 0 aliphatic rings. The van der Waals surface area contributed by atoms with Crippen LogP contribution in [0.25, 0.3) is 0 Å². The molecule has 16 heavy (non-hydrogen) atoms. The molecule has 1 aromatic rings. The summed E-state index contributed by atoms with van der Waals surface area (Å²) in [5.41, 5.74) is 0.410. The lowest BCUT2D eigenvalue weighted by atomic mass is 10.1. The van der Waals surface area contributed by atoms with Crippen LogP contribution in [0.5, 0.6) is 5.75 Å². The Balaban J connectivity index is 2.44. The standard InChI is InChI=1S/C13H20O3/c1-13(2,14)7-8-16-12-6-4-5-11(9-12)10-15-3/h4-6,9,14H,7-8,10H2,1-3H3. The molecule has 0 unspecified atom stereocenters. The van der Waals surface area contributed by atoms with E-state index in [1.807, 2.05) is 24.3 Å². The minimum absolute atomic E-state index is 0.514. The molecule has 3 nitrogen and oxygen atoms in total. The number of hydrogen-bond donors (Lipinski definition) is 1. The lowest BCUT2D eigenvalue weighted by molar-refractivity contribution is 0.0553. The highest BCUT2D eigenvalue weighted by molar-refractivity contribution is 5.28. The first kappa shape index (κ1) is 13.0. The van der Waals surface area contributed by atoms with E-state index < -0.39 is 5.60 Å². The van der Waals surface area contributed by atoms with Crippen molar-refractivity contribution in [3.63, 3.8) is 0 Å². The van der Waals surface area contributed by atoms with E-state index in [0.29, 0.717) is 19.6 Å². The molecule has 90 valence electrons. The van der Waals surface area contributed by atoms with Crippen LogP contribution in [0.2, 0.25) is 0 Å². The highest BCUT2D eigenvalue weighted by atomic mass is 16.5. The molecule has 0 fully saturated rings. The van der Waals surface area contributed by atoms with Crippen molar-refractivity contribution in [2.45, 2.75) is 32.5 Å². The van der Waals surface area contributed by atoms with Crippen LogP contribution < -0.4 is 4.74 Å². The Labute approximate surface area is 97.0 Å². The zero-order chi connectivity index (χ0) is 12.0. The van der Waals surface area contributed by atoms with E-state index in [4.69, 9.17) is 9.47 Å². The first-order chi connectivity index (χ1) is 7.51. The molecule has 0 amide bonds. The second-order valence-corrected chi connectivity index (χ2v) is 4.49. The number of ether oxygens (including phenoxy) is 2. The zero-order valence-corrected chi connectivity index (χ0v) is 10.2. The zero-order valence-electron chi connectivity index (χ0n) is 10.2. The molecule has 0 heterocycles. The molecular formula is C13H20O3. The fourth-order valence-corrected chi connectivity index (χ4v) is 1.31. The first-order valence-corrected chi connectivity index (χ1v) is 5.44. The van der Waals surface area contributed by atoms with E-state index in [0.717, 1.165) is 11.3 Å². The van der Waals surface area contributed by atoms with Crippen molar-refractivity contribution in [1.29, 1.82) is 0 Å². The van der Waals surface area contributed by atoms with E-state index in [9.17, 15) is 5.11 Å². The third-order valence-corrected chi connectivity index (χ3v) is 2.19. The summed E-state index contributed by atoms with van der Waals surface area (Å²) in [6, 6.07) is 7.79. The summed E-state index contributed by atoms with van der Waals surface area (Å²) in [6.07, 6.45) is 0.613. The van der Waals surface area contributed by atoms with E-state index in [1.54, 1.807) is 21.0 Å². The average molecular weight is 224 g/mol. The molecule has 0 aliphatic heterocycles. The molecule has 0 saturated heterocycles. The quantitative estimate of drug-likeness (QED) is 0.806. The van der Waals surface area contributed by atoms with Gasteiger partial charge < -0.3 is 14.6 Å². The molecule has 0 spiro atoms. The summed E-state index contributed by atoms with van der Waals surface area (Å²) < 4.78 is 10.6. The van der Waals surface area contributed by atoms with Gasteiger partial charge in [0.1, 0.15) is 5.75 Å². The third kappa shape index (κ3) is 5.14. The van der Waals surface area contributed by atoms with Crippen LogP contribution in [0.3, 0.4) is 0 Å². The maximum atomic E-state index is 9.53. The Morgan fingerprint density at radius 2 is 2.06 bits per heavy atom. The lowest BCUT2D eigenvalue weighted by Crippen LogP contribution is -2.21. The van der Waals surface area contributed by atoms with Crippen LogP contribution >= 0.6 is 0 Å². The monoisotopic (exact) mass is 224 g/mol. The molecule has 0 saturated carbocycles. The topological polar surface area (TPSA) is 38.7 Å². The van der Waals surface area contributed by atoms with Gasteiger partial charge in [0.25, 0.3) is 0 Å². The third-order valence-electron chi connectivity index (χ3n) is 2.19. The van der Waals surface area contributed by atoms with Gasteiger partial charge in [-0.1, -0.05) is 12.1 Å². The van der Waals surface area contributed by atoms with Crippen molar-refractivity contribution < 1.29 is 14.6 Å². The Morgan fingerprint density at radius 3 is 2.69 bits per heavy atom. The van der Waals surface area contributed by atoms with E-state index in [-0.39, 0.29) is 0 Å². The molecule has 0 aliphatic carbocycles. The van der Waals surface area contributed by atoms with Crippen molar-refractivity contribution in [3.8, 4) is 5.75 Å². The Bertz CT molecular complexity index is 315. The molecule has 3 heteroatoms. The number of hydrogen-bond acceptors (Lipinski definition) is 3. The van der Waals surface area contributed by atoms with Gasteiger partial charge in [0.2, 0.25) is 0 Å². The largest absolute Gasteiger partial charge is 0.493 e. The number of methoxy groups -OCH3 is 1. The van der Waals surface area contributed by atoms with Crippen molar-refractivity contribution in [3.05, 3.63) is 29.8 Å². The summed E-state index contributed by atoms with van der Waals surface area (Å²) >= 11 is 0. The Hall–Kier alpha value is -1.06. The fraction of sp³-hybridized carbons (Fsp3) is 0.538. The van der Waals surface area contributed by atoms with E-state index in [1.165, 1.54) is 0 Å². The highest BCUT2D eigenvalue weighted by Crippen LogP contribution is 2.15. The number of aliphatic hydroxyl groups is 1. The van der Waals surface area contributed by atoms with Gasteiger partial charge in [-0.2, -0.15) is 0 Å². The van der Waals surface area contributed by atoms with Crippen molar-refractivity contribution in [2.24, 2.45) is 0 Å². The second-order valence-electron chi connectivity index (χ2n) is 4.49. The van der Waals surface area contributed by atoms with Gasteiger partial charge in [-0.3, -0.25) is 0 Å². The van der Waals surface area contributed by atoms with Gasteiger partial charge in [0, 0.05) is 13.5 Å². The Morgan fingerprint density at radius 1 is 1.31 bits per heavy atom. The van der Waals surface area contributed by atoms with Crippen LogP contribution in [-0.2, 0) is 11.3 Å². The molecule has 1 rings (SSSR count). The molecule has 1 N–H and O–H groups in total. The molecule has 1 aromatic carbocycles. The predicted molar refractivity (Wildman–Crippen MR) is 63.6 cm³/mol. The van der Waals surface area contributed by atoms with Crippen molar-refractivity contribution >= 4 is 0 Å². The van der Waals surface area contributed by atoms with Gasteiger partial charge in [0.15, 0.2) is 0 Å². The number of rotatable bonds is 6. The van der Waals surface area contributed by atoms with Crippen LogP contribution in [0, 0.1) is 0 Å². The van der Waals surface area contributed by atoms with Crippen molar-refractivity contribution in [1.82, 2.24) is 0 Å². The van der Waals surface area contributed by atoms with Crippen LogP contribution in [0.4, 0.5) is 0 Å². The SMILES string of the molecule is COCc1cccc(OCCC(C)(C)O)c1. The Kier molecular flexibility index (Phi) is 4.77. The molecule has 0 aromatic heterocycles. The summed E-state index contributed by atoms with van der Waals surface area (Å²) in [7, 11) is 1.67. The lowest BCUT2D eigenvalue weighted by Gasteiger charge is -2.17. The normalized spacial score (nSPS) is 11.5. The van der Waals surface area contributed by atoms with Crippen LogP contribution in [0.15, 0.2) is 24.3 Å². The summed E-state index contributed by atoms with van der Waals surface area (Å²) in [5.74, 6) is 0.818. The average Bonchev–Trinajstić information content (AvgIpc) is 2.17. The second kappa shape index (κ2) is 5.87. The summed E-state index contributed by atoms with van der Waals surface area (Å²) in [4.78, 5) is 0. The molecule has 0 radical (unpaired) electrons. The van der Waals surface area contributed by atoms with Gasteiger partial charge in [-0.05, 0) is 31.5 Å². The molecular weight excluding hydrogens is 204 g/mol. The molecule has 0 atom stereocenters. The van der Waals surface area contributed by atoms with E-state index >= 15 is 0 Å². The van der Waals surface area contributed by atoms with Crippen LogP contribution in [0.1, 0.15) is 25.8 Å². The number of benzene rings is 1. The van der Waals surface area contributed by atoms with Gasteiger partial charge in [-0.25, -0.2) is 0 Å². The minimum Gasteiger partial charge on any atom is -0.493 e. The van der Waals surface area contributed by atoms with E-state index in [2.05, 4.69) is 0 Å². The summed E-state index contributed by atoms with van der Waals surface area (Å²) in [5, 5.41) is 9.53. The highest BCUT2D eigenvalue weighted by Gasteiger charge is 2.11. The van der Waals surface area contributed by atoms with Crippen LogP contribution in [-0.4, -0.2) is 24.4 Å². The van der Waals surface area contributed by atoms with Gasteiger partial charge in [0.05, 0.1) is 18.8 Å². The van der Waals surface area contributed by atoms with Crippen molar-refractivity contribution in [2.75, 3.05) is 13.7 Å². The van der Waals surface area contributed by atoms with Gasteiger partial charge in [-0.15, -0.1) is 0 Å². The molecule has 0 bridgehead atoms. The van der Waals surface area contributed by atoms with Gasteiger partial charge >= 0.3 is 0 Å². The predicted octanol–water partition coefficient (Wildman–Crippen LogP) is 2.37. The first-order valence-electron chi connectivity index (χ1n) is 5.44. The fourth-order valence-electron chi connectivity index (χ4n) is 1.31. The smallest absolute Gasteiger partial charge is 0.119 e. The maximum absolute atomic E-state index is 9.53. The maximum Gasteiger partial charge on any atom is 0.119 e. The summed E-state index contributed by atoms with van der Waals surface area (Å²) in [6.45, 7) is 4.65.